The monoisotopic (exact) mass is 230 g/mol. The molecule has 4 heteroatoms. The van der Waals surface area contributed by atoms with Gasteiger partial charge < -0.3 is 13.9 Å². The highest BCUT2D eigenvalue weighted by Gasteiger charge is 2.40. The predicted octanol–water partition coefficient (Wildman–Crippen LogP) is 2.11. The van der Waals surface area contributed by atoms with Crippen LogP contribution in [0, 0.1) is 0 Å². The number of epoxide rings is 1. The Balaban J connectivity index is 1.84. The first-order valence-corrected chi connectivity index (χ1v) is 8.81. The lowest BCUT2D eigenvalue weighted by Crippen LogP contribution is -2.51. The highest BCUT2D eigenvalue weighted by Crippen LogP contribution is 2.28. The average molecular weight is 230 g/mol. The van der Waals surface area contributed by atoms with Crippen LogP contribution in [0.25, 0.3) is 0 Å². The van der Waals surface area contributed by atoms with E-state index in [2.05, 4.69) is 13.5 Å². The van der Waals surface area contributed by atoms with Gasteiger partial charge in [0.2, 0.25) is 8.32 Å². The van der Waals surface area contributed by atoms with Crippen LogP contribution in [0.1, 0.15) is 26.2 Å². The normalized spacial score (nSPS) is 37.6. The molecule has 0 radical (unpaired) electrons. The van der Waals surface area contributed by atoms with Gasteiger partial charge in [0.25, 0.3) is 0 Å². The van der Waals surface area contributed by atoms with Crippen molar-refractivity contribution < 1.29 is 13.9 Å². The van der Waals surface area contributed by atoms with E-state index in [-0.39, 0.29) is 0 Å². The third-order valence-electron chi connectivity index (χ3n) is 3.44. The van der Waals surface area contributed by atoms with Gasteiger partial charge in [-0.1, -0.05) is 13.3 Å². The van der Waals surface area contributed by atoms with Crippen LogP contribution in [0.2, 0.25) is 12.6 Å². The Labute approximate surface area is 93.2 Å². The second-order valence-electron chi connectivity index (χ2n) is 4.80. The van der Waals surface area contributed by atoms with E-state index in [9.17, 15) is 0 Å². The van der Waals surface area contributed by atoms with E-state index < -0.39 is 8.32 Å². The molecule has 0 saturated carbocycles. The van der Waals surface area contributed by atoms with E-state index in [1.807, 2.05) is 0 Å². The topological polar surface area (TPSA) is 31.0 Å². The molecule has 0 N–H and O–H groups in total. The maximum Gasteiger partial charge on any atom is 0.217 e. The first-order chi connectivity index (χ1) is 7.24. The summed E-state index contributed by atoms with van der Waals surface area (Å²) in [5.41, 5.74) is 0.363. The van der Waals surface area contributed by atoms with Gasteiger partial charge in [-0.2, -0.15) is 0 Å². The summed E-state index contributed by atoms with van der Waals surface area (Å²) < 4.78 is 17.2. The minimum atomic E-state index is -1.58. The molecule has 2 saturated heterocycles. The zero-order valence-electron chi connectivity index (χ0n) is 9.83. The van der Waals surface area contributed by atoms with Crippen LogP contribution in [0.15, 0.2) is 0 Å². The highest BCUT2D eigenvalue weighted by molar-refractivity contribution is 6.73. The molecule has 2 aliphatic heterocycles. The van der Waals surface area contributed by atoms with E-state index in [0.717, 1.165) is 26.2 Å². The summed E-state index contributed by atoms with van der Waals surface area (Å²) in [6, 6.07) is 1.26. The van der Waals surface area contributed by atoms with E-state index in [1.54, 1.807) is 0 Å². The van der Waals surface area contributed by atoms with Gasteiger partial charge in [-0.15, -0.1) is 0 Å². The number of hydrogen-bond acceptors (Lipinski definition) is 3. The van der Waals surface area contributed by atoms with Crippen molar-refractivity contribution in [1.29, 1.82) is 0 Å². The molecule has 15 heavy (non-hydrogen) atoms. The lowest BCUT2D eigenvalue weighted by molar-refractivity contribution is 0.0634. The Morgan fingerprint density at radius 2 is 2.27 bits per heavy atom. The number of hydrogen-bond donors (Lipinski definition) is 0. The Bertz CT molecular complexity index is 200. The molecule has 0 bridgehead atoms. The van der Waals surface area contributed by atoms with E-state index in [4.69, 9.17) is 13.9 Å². The Morgan fingerprint density at radius 1 is 1.47 bits per heavy atom. The van der Waals surface area contributed by atoms with Crippen LogP contribution < -0.4 is 0 Å². The van der Waals surface area contributed by atoms with Crippen LogP contribution >= 0.6 is 0 Å². The molecule has 2 aliphatic rings. The summed E-state index contributed by atoms with van der Waals surface area (Å²) in [6.45, 7) is 7.13. The van der Waals surface area contributed by atoms with Gasteiger partial charge in [0.05, 0.1) is 18.9 Å². The largest absolute Gasteiger partial charge is 0.414 e. The van der Waals surface area contributed by atoms with E-state index in [0.29, 0.717) is 11.8 Å². The number of rotatable bonds is 5. The Kier molecular flexibility index (Phi) is 3.82. The molecule has 3 unspecified atom stereocenters. The molecule has 0 spiro atoms. The van der Waals surface area contributed by atoms with Crippen molar-refractivity contribution in [3.63, 3.8) is 0 Å². The lowest BCUT2D eigenvalue weighted by Gasteiger charge is -2.37. The van der Waals surface area contributed by atoms with Gasteiger partial charge >= 0.3 is 0 Å². The van der Waals surface area contributed by atoms with Crippen molar-refractivity contribution in [3.05, 3.63) is 0 Å². The average Bonchev–Trinajstić information content (AvgIpc) is 3.03. The van der Waals surface area contributed by atoms with Gasteiger partial charge in [-0.3, -0.25) is 0 Å². The molecule has 0 aromatic heterocycles. The quantitative estimate of drug-likeness (QED) is 0.535. The van der Waals surface area contributed by atoms with Crippen molar-refractivity contribution in [1.82, 2.24) is 0 Å². The summed E-state index contributed by atoms with van der Waals surface area (Å²) in [7, 11) is -1.58. The van der Waals surface area contributed by atoms with Gasteiger partial charge in [0, 0.05) is 6.61 Å². The SMILES string of the molecule is CCC(OCC1CO1)[Si]1(C)CCCCO1. The first-order valence-electron chi connectivity index (χ1n) is 6.12. The van der Waals surface area contributed by atoms with Gasteiger partial charge in [0.15, 0.2) is 0 Å². The molecule has 0 aromatic rings. The fraction of sp³-hybridized carbons (Fsp3) is 1.00. The molecule has 3 nitrogen and oxygen atoms in total. The van der Waals surface area contributed by atoms with Crippen LogP contribution in [-0.2, 0) is 13.9 Å². The fourth-order valence-electron chi connectivity index (χ4n) is 2.32. The molecule has 2 rings (SSSR count). The van der Waals surface area contributed by atoms with Crippen molar-refractivity contribution in [2.75, 3.05) is 19.8 Å². The van der Waals surface area contributed by atoms with E-state index in [1.165, 1.54) is 18.9 Å². The molecule has 3 atom stereocenters. The first kappa shape index (κ1) is 11.6. The summed E-state index contributed by atoms with van der Waals surface area (Å²) in [6.07, 6.45) is 4.00. The van der Waals surface area contributed by atoms with Crippen molar-refractivity contribution in [3.8, 4) is 0 Å². The van der Waals surface area contributed by atoms with Crippen molar-refractivity contribution >= 4 is 8.32 Å². The molecular formula is C11H22O3Si. The maximum absolute atomic E-state index is 6.04. The third-order valence-corrected chi connectivity index (χ3v) is 7.58. The summed E-state index contributed by atoms with van der Waals surface area (Å²) in [5.74, 6) is 0. The standard InChI is InChI=1S/C11H22O3Si/c1-3-11(13-9-10-8-12-10)15(2)7-5-4-6-14-15/h10-11H,3-9H2,1-2H3. The second kappa shape index (κ2) is 4.95. The highest BCUT2D eigenvalue weighted by atomic mass is 28.4. The minimum absolute atomic E-state index is 0.363. The van der Waals surface area contributed by atoms with Crippen LogP contribution in [0.4, 0.5) is 0 Å². The molecule has 0 amide bonds. The molecule has 2 heterocycles. The molecule has 88 valence electrons. The summed E-state index contributed by atoms with van der Waals surface area (Å²) in [5, 5.41) is 0. The van der Waals surface area contributed by atoms with Gasteiger partial charge in [0.1, 0.15) is 6.10 Å². The molecule has 0 aromatic carbocycles. The predicted molar refractivity (Wildman–Crippen MR) is 61.4 cm³/mol. The Hall–Kier alpha value is 0.0969. The summed E-state index contributed by atoms with van der Waals surface area (Å²) >= 11 is 0. The fourth-order valence-corrected chi connectivity index (χ4v) is 5.85. The molecule has 2 fully saturated rings. The van der Waals surface area contributed by atoms with Crippen molar-refractivity contribution in [2.45, 2.75) is 50.6 Å². The zero-order valence-corrected chi connectivity index (χ0v) is 10.8. The van der Waals surface area contributed by atoms with Crippen molar-refractivity contribution in [2.24, 2.45) is 0 Å². The Morgan fingerprint density at radius 3 is 2.80 bits per heavy atom. The van der Waals surface area contributed by atoms with Gasteiger partial charge in [-0.25, -0.2) is 0 Å². The maximum atomic E-state index is 6.04. The molecular weight excluding hydrogens is 208 g/mol. The van der Waals surface area contributed by atoms with Crippen LogP contribution in [0.3, 0.4) is 0 Å². The molecule has 0 aliphatic carbocycles. The zero-order chi connectivity index (χ0) is 10.7. The van der Waals surface area contributed by atoms with Crippen LogP contribution in [0.5, 0.6) is 0 Å². The van der Waals surface area contributed by atoms with E-state index >= 15 is 0 Å². The summed E-state index contributed by atoms with van der Waals surface area (Å²) in [4.78, 5) is 0. The smallest absolute Gasteiger partial charge is 0.217 e. The number of ether oxygens (including phenoxy) is 2. The van der Waals surface area contributed by atoms with Gasteiger partial charge in [-0.05, 0) is 25.4 Å². The minimum Gasteiger partial charge on any atom is -0.414 e. The van der Waals surface area contributed by atoms with Crippen LogP contribution in [-0.4, -0.2) is 40.0 Å². The lowest BCUT2D eigenvalue weighted by atomic mass is 10.4. The second-order valence-corrected chi connectivity index (χ2v) is 8.86. The third kappa shape index (κ3) is 3.03.